The van der Waals surface area contributed by atoms with E-state index in [9.17, 15) is 4.79 Å². The van der Waals surface area contributed by atoms with Crippen molar-refractivity contribution in [3.8, 4) is 11.8 Å². The highest BCUT2D eigenvalue weighted by atomic mass is 16.1. The number of ketones is 1. The lowest BCUT2D eigenvalue weighted by Gasteiger charge is -2.12. The molecule has 0 fully saturated rings. The smallest absolute Gasteiger partial charge is 0.159 e. The molecule has 0 aromatic carbocycles. The third kappa shape index (κ3) is 2.73. The van der Waals surface area contributed by atoms with Gasteiger partial charge in [0, 0.05) is 12.3 Å². The first kappa shape index (κ1) is 10.1. The zero-order valence-electron chi connectivity index (χ0n) is 8.34. The molecule has 0 heterocycles. The molecule has 0 aromatic rings. The fraction of sp³-hybridized carbons (Fsp3) is 0.583. The number of carbonyl (C=O) groups is 1. The van der Waals surface area contributed by atoms with Gasteiger partial charge in [-0.25, -0.2) is 0 Å². The SMILES string of the molecule is CC#CCCC[C@H]1C(=O)C=C[C@@H]1C. The number of carbonyl (C=O) groups excluding carboxylic acids is 1. The van der Waals surface area contributed by atoms with Gasteiger partial charge in [0.25, 0.3) is 0 Å². The van der Waals surface area contributed by atoms with Crippen LogP contribution in [0.1, 0.15) is 33.1 Å². The molecule has 1 rings (SSSR count). The molecular formula is C12H16O. The predicted molar refractivity (Wildman–Crippen MR) is 54.1 cm³/mol. The van der Waals surface area contributed by atoms with Crippen molar-refractivity contribution in [1.29, 1.82) is 0 Å². The molecule has 1 aliphatic carbocycles. The Labute approximate surface area is 80.2 Å². The van der Waals surface area contributed by atoms with Gasteiger partial charge in [-0.3, -0.25) is 4.79 Å². The molecule has 0 radical (unpaired) electrons. The van der Waals surface area contributed by atoms with Crippen molar-refractivity contribution in [1.82, 2.24) is 0 Å². The van der Waals surface area contributed by atoms with Crippen LogP contribution in [0.4, 0.5) is 0 Å². The van der Waals surface area contributed by atoms with Gasteiger partial charge in [0.05, 0.1) is 0 Å². The summed E-state index contributed by atoms with van der Waals surface area (Å²) >= 11 is 0. The maximum atomic E-state index is 11.3. The Bertz CT molecular complexity index is 265. The standard InChI is InChI=1S/C12H16O/c1-3-4-5-6-7-11-10(2)8-9-12(11)13/h8-11H,5-7H2,1-2H3/t10-,11+/m0/s1. The van der Waals surface area contributed by atoms with Gasteiger partial charge in [-0.2, -0.15) is 0 Å². The van der Waals surface area contributed by atoms with Crippen LogP contribution in [0.2, 0.25) is 0 Å². The third-order valence-electron chi connectivity index (χ3n) is 2.56. The van der Waals surface area contributed by atoms with E-state index in [1.165, 1.54) is 0 Å². The van der Waals surface area contributed by atoms with Crippen molar-refractivity contribution in [3.63, 3.8) is 0 Å². The largest absolute Gasteiger partial charge is 0.295 e. The van der Waals surface area contributed by atoms with Gasteiger partial charge in [0.15, 0.2) is 5.78 Å². The first-order valence-corrected chi connectivity index (χ1v) is 4.87. The van der Waals surface area contributed by atoms with Crippen LogP contribution >= 0.6 is 0 Å². The Kier molecular flexibility index (Phi) is 3.76. The Hall–Kier alpha value is -1.03. The quantitative estimate of drug-likeness (QED) is 0.477. The molecule has 0 aliphatic heterocycles. The van der Waals surface area contributed by atoms with Crippen LogP contribution in [0, 0.1) is 23.7 Å². The molecule has 1 aliphatic rings. The molecule has 0 N–H and O–H groups in total. The molecular weight excluding hydrogens is 160 g/mol. The van der Waals surface area contributed by atoms with Gasteiger partial charge in [0.2, 0.25) is 0 Å². The average molecular weight is 176 g/mol. The van der Waals surface area contributed by atoms with Crippen LogP contribution in [0.5, 0.6) is 0 Å². The summed E-state index contributed by atoms with van der Waals surface area (Å²) in [6.07, 6.45) is 6.69. The molecule has 0 bridgehead atoms. The zero-order chi connectivity index (χ0) is 9.68. The molecule has 70 valence electrons. The zero-order valence-corrected chi connectivity index (χ0v) is 8.34. The fourth-order valence-corrected chi connectivity index (χ4v) is 1.70. The minimum Gasteiger partial charge on any atom is -0.295 e. The summed E-state index contributed by atoms with van der Waals surface area (Å²) in [7, 11) is 0. The highest BCUT2D eigenvalue weighted by Gasteiger charge is 2.25. The lowest BCUT2D eigenvalue weighted by Crippen LogP contribution is -2.13. The Balaban J connectivity index is 2.28. The topological polar surface area (TPSA) is 17.1 Å². The van der Waals surface area contributed by atoms with Crippen LogP contribution in [-0.2, 0) is 4.79 Å². The highest BCUT2D eigenvalue weighted by molar-refractivity contribution is 5.94. The van der Waals surface area contributed by atoms with Crippen molar-refractivity contribution in [2.45, 2.75) is 33.1 Å². The van der Waals surface area contributed by atoms with E-state index in [2.05, 4.69) is 18.8 Å². The average Bonchev–Trinajstić information content (AvgIpc) is 2.42. The number of rotatable bonds is 3. The summed E-state index contributed by atoms with van der Waals surface area (Å²) in [5, 5.41) is 0. The number of hydrogen-bond donors (Lipinski definition) is 0. The second-order valence-corrected chi connectivity index (χ2v) is 3.55. The number of unbranched alkanes of at least 4 members (excludes halogenated alkanes) is 1. The van der Waals surface area contributed by atoms with Crippen LogP contribution in [0.25, 0.3) is 0 Å². The molecule has 0 spiro atoms. The van der Waals surface area contributed by atoms with E-state index in [1.807, 2.05) is 13.0 Å². The van der Waals surface area contributed by atoms with Gasteiger partial charge in [-0.05, 0) is 31.8 Å². The second kappa shape index (κ2) is 4.87. The minimum absolute atomic E-state index is 0.235. The van der Waals surface area contributed by atoms with Crippen molar-refractivity contribution >= 4 is 5.78 Å². The van der Waals surface area contributed by atoms with Gasteiger partial charge in [0.1, 0.15) is 0 Å². The van der Waals surface area contributed by atoms with Gasteiger partial charge in [-0.1, -0.05) is 13.0 Å². The van der Waals surface area contributed by atoms with Crippen LogP contribution in [-0.4, -0.2) is 5.78 Å². The summed E-state index contributed by atoms with van der Waals surface area (Å²) in [6.45, 7) is 3.96. The molecule has 0 saturated heterocycles. The summed E-state index contributed by atoms with van der Waals surface area (Å²) in [4.78, 5) is 11.3. The van der Waals surface area contributed by atoms with Crippen LogP contribution in [0.15, 0.2) is 12.2 Å². The third-order valence-corrected chi connectivity index (χ3v) is 2.56. The van der Waals surface area contributed by atoms with E-state index < -0.39 is 0 Å². The fourth-order valence-electron chi connectivity index (χ4n) is 1.70. The maximum Gasteiger partial charge on any atom is 0.159 e. The highest BCUT2D eigenvalue weighted by Crippen LogP contribution is 2.26. The maximum absolute atomic E-state index is 11.3. The van der Waals surface area contributed by atoms with E-state index in [0.29, 0.717) is 11.7 Å². The molecule has 0 aromatic heterocycles. The predicted octanol–water partition coefficient (Wildman–Crippen LogP) is 2.57. The monoisotopic (exact) mass is 176 g/mol. The Morgan fingerprint density at radius 2 is 2.31 bits per heavy atom. The summed E-state index contributed by atoms with van der Waals surface area (Å²) < 4.78 is 0. The molecule has 0 saturated carbocycles. The van der Waals surface area contributed by atoms with E-state index in [0.717, 1.165) is 19.3 Å². The summed E-state index contributed by atoms with van der Waals surface area (Å²) in [5.41, 5.74) is 0. The summed E-state index contributed by atoms with van der Waals surface area (Å²) in [6, 6.07) is 0. The summed E-state index contributed by atoms with van der Waals surface area (Å²) in [5.74, 6) is 6.86. The van der Waals surface area contributed by atoms with E-state index in [4.69, 9.17) is 0 Å². The molecule has 1 heteroatoms. The Morgan fingerprint density at radius 3 is 2.85 bits per heavy atom. The Morgan fingerprint density at radius 1 is 1.54 bits per heavy atom. The van der Waals surface area contributed by atoms with Gasteiger partial charge < -0.3 is 0 Å². The molecule has 2 atom stereocenters. The molecule has 0 unspecified atom stereocenters. The minimum atomic E-state index is 0.235. The van der Waals surface area contributed by atoms with Crippen molar-refractivity contribution < 1.29 is 4.79 Å². The van der Waals surface area contributed by atoms with Gasteiger partial charge >= 0.3 is 0 Å². The number of allylic oxidation sites excluding steroid dienone is 2. The van der Waals surface area contributed by atoms with Gasteiger partial charge in [-0.15, -0.1) is 11.8 Å². The van der Waals surface area contributed by atoms with E-state index in [-0.39, 0.29) is 5.92 Å². The molecule has 1 nitrogen and oxygen atoms in total. The lowest BCUT2D eigenvalue weighted by atomic mass is 9.91. The van der Waals surface area contributed by atoms with Crippen molar-refractivity contribution in [3.05, 3.63) is 12.2 Å². The van der Waals surface area contributed by atoms with Crippen molar-refractivity contribution in [2.75, 3.05) is 0 Å². The lowest BCUT2D eigenvalue weighted by molar-refractivity contribution is -0.118. The van der Waals surface area contributed by atoms with Crippen LogP contribution < -0.4 is 0 Å². The number of hydrogen-bond acceptors (Lipinski definition) is 1. The van der Waals surface area contributed by atoms with E-state index >= 15 is 0 Å². The normalized spacial score (nSPS) is 25.8. The first-order chi connectivity index (χ1) is 6.25. The van der Waals surface area contributed by atoms with Crippen LogP contribution in [0.3, 0.4) is 0 Å². The second-order valence-electron chi connectivity index (χ2n) is 3.55. The molecule has 13 heavy (non-hydrogen) atoms. The van der Waals surface area contributed by atoms with Crippen molar-refractivity contribution in [2.24, 2.45) is 11.8 Å². The first-order valence-electron chi connectivity index (χ1n) is 4.87. The molecule has 0 amide bonds. The van der Waals surface area contributed by atoms with E-state index in [1.54, 1.807) is 6.08 Å².